The zero-order chi connectivity index (χ0) is 14.5. The van der Waals surface area contributed by atoms with Crippen LogP contribution in [0.4, 0.5) is 8.78 Å². The van der Waals surface area contributed by atoms with Crippen LogP contribution in [0.2, 0.25) is 0 Å². The molecule has 2 N–H and O–H groups in total. The van der Waals surface area contributed by atoms with E-state index < -0.39 is 6.10 Å². The van der Waals surface area contributed by atoms with Gasteiger partial charge >= 0.3 is 0 Å². The molecule has 0 amide bonds. The molecule has 2 aromatic rings. The molecule has 0 aliphatic rings. The molecule has 4 heteroatoms. The number of likely N-dealkylation sites (N-methyl/N-ethyl adjacent to an activating group) is 1. The van der Waals surface area contributed by atoms with Gasteiger partial charge in [0.25, 0.3) is 0 Å². The van der Waals surface area contributed by atoms with Gasteiger partial charge in [0, 0.05) is 12.5 Å². The molecule has 0 aromatic heterocycles. The van der Waals surface area contributed by atoms with E-state index in [0.717, 1.165) is 11.1 Å². The summed E-state index contributed by atoms with van der Waals surface area (Å²) in [5.41, 5.74) is 1.58. The number of hydrogen-bond donors (Lipinski definition) is 2. The minimum Gasteiger partial charge on any atom is -0.391 e. The van der Waals surface area contributed by atoms with E-state index >= 15 is 0 Å². The lowest BCUT2D eigenvalue weighted by atomic mass is 9.86. The third-order valence-corrected chi connectivity index (χ3v) is 3.26. The van der Waals surface area contributed by atoms with Gasteiger partial charge in [-0.15, -0.1) is 0 Å². The van der Waals surface area contributed by atoms with Crippen LogP contribution in [-0.4, -0.2) is 24.8 Å². The average molecular weight is 277 g/mol. The molecule has 0 spiro atoms. The molecule has 20 heavy (non-hydrogen) atoms. The van der Waals surface area contributed by atoms with Crippen LogP contribution in [0.5, 0.6) is 0 Å². The molecule has 0 heterocycles. The second-order valence-electron chi connectivity index (χ2n) is 4.71. The van der Waals surface area contributed by atoms with E-state index in [4.69, 9.17) is 0 Å². The molecular formula is C16H17F2NO. The Morgan fingerprint density at radius 2 is 1.30 bits per heavy atom. The van der Waals surface area contributed by atoms with E-state index in [2.05, 4.69) is 5.32 Å². The van der Waals surface area contributed by atoms with E-state index in [0.29, 0.717) is 6.54 Å². The fourth-order valence-electron chi connectivity index (χ4n) is 2.30. The Hall–Kier alpha value is -1.78. The van der Waals surface area contributed by atoms with E-state index in [9.17, 15) is 13.9 Å². The summed E-state index contributed by atoms with van der Waals surface area (Å²) >= 11 is 0. The summed E-state index contributed by atoms with van der Waals surface area (Å²) in [7, 11) is 1.75. The van der Waals surface area contributed by atoms with Crippen molar-refractivity contribution >= 4 is 0 Å². The zero-order valence-electron chi connectivity index (χ0n) is 11.2. The van der Waals surface area contributed by atoms with Crippen LogP contribution < -0.4 is 5.32 Å². The monoisotopic (exact) mass is 277 g/mol. The Morgan fingerprint density at radius 3 is 1.65 bits per heavy atom. The van der Waals surface area contributed by atoms with Crippen LogP contribution in [0.25, 0.3) is 0 Å². The van der Waals surface area contributed by atoms with Crippen molar-refractivity contribution in [2.75, 3.05) is 13.6 Å². The fraction of sp³-hybridized carbons (Fsp3) is 0.250. The van der Waals surface area contributed by atoms with Crippen LogP contribution in [0.3, 0.4) is 0 Å². The highest BCUT2D eigenvalue weighted by molar-refractivity contribution is 5.34. The second-order valence-corrected chi connectivity index (χ2v) is 4.71. The maximum Gasteiger partial charge on any atom is 0.123 e. The number of aliphatic hydroxyl groups excluding tert-OH is 1. The average Bonchev–Trinajstić information content (AvgIpc) is 2.44. The summed E-state index contributed by atoms with van der Waals surface area (Å²) in [4.78, 5) is 0. The van der Waals surface area contributed by atoms with Crippen molar-refractivity contribution in [3.05, 3.63) is 71.3 Å². The largest absolute Gasteiger partial charge is 0.391 e. The molecule has 2 aromatic carbocycles. The highest BCUT2D eigenvalue weighted by Gasteiger charge is 2.22. The topological polar surface area (TPSA) is 32.3 Å². The molecule has 106 valence electrons. The first-order valence-corrected chi connectivity index (χ1v) is 6.45. The lowest BCUT2D eigenvalue weighted by Gasteiger charge is -2.24. The zero-order valence-corrected chi connectivity index (χ0v) is 11.2. The van der Waals surface area contributed by atoms with Gasteiger partial charge < -0.3 is 10.4 Å². The lowest BCUT2D eigenvalue weighted by molar-refractivity contribution is 0.156. The van der Waals surface area contributed by atoms with Crippen molar-refractivity contribution < 1.29 is 13.9 Å². The standard InChI is InChI=1S/C16H17F2NO/c1-19-10-15(20)16(11-2-6-13(17)7-3-11)12-4-8-14(18)9-5-12/h2-9,15-16,19-20H,10H2,1H3. The SMILES string of the molecule is CNCC(O)C(c1ccc(F)cc1)c1ccc(F)cc1. The molecule has 0 aliphatic carbocycles. The molecule has 2 nitrogen and oxygen atoms in total. The summed E-state index contributed by atoms with van der Waals surface area (Å²) in [6, 6.07) is 12.0. The number of nitrogens with one attached hydrogen (secondary N) is 1. The summed E-state index contributed by atoms with van der Waals surface area (Å²) in [5.74, 6) is -0.979. The quantitative estimate of drug-likeness (QED) is 0.880. The van der Waals surface area contributed by atoms with Gasteiger partial charge in [0.15, 0.2) is 0 Å². The van der Waals surface area contributed by atoms with E-state index in [1.165, 1.54) is 24.3 Å². The smallest absolute Gasteiger partial charge is 0.123 e. The predicted molar refractivity (Wildman–Crippen MR) is 74.6 cm³/mol. The van der Waals surface area contributed by atoms with Gasteiger partial charge in [0.2, 0.25) is 0 Å². The maximum absolute atomic E-state index is 13.0. The van der Waals surface area contributed by atoms with Crippen molar-refractivity contribution in [3.8, 4) is 0 Å². The molecule has 0 radical (unpaired) electrons. The third kappa shape index (κ3) is 3.40. The summed E-state index contributed by atoms with van der Waals surface area (Å²) < 4.78 is 26.1. The Kier molecular flexibility index (Phi) is 4.82. The Labute approximate surface area is 117 Å². The van der Waals surface area contributed by atoms with E-state index in [-0.39, 0.29) is 17.6 Å². The van der Waals surface area contributed by atoms with Crippen LogP contribution in [0, 0.1) is 11.6 Å². The van der Waals surface area contributed by atoms with Crippen LogP contribution >= 0.6 is 0 Å². The summed E-state index contributed by atoms with van der Waals surface area (Å²) in [6.07, 6.45) is -0.684. The normalized spacial score (nSPS) is 12.7. The fourth-order valence-corrected chi connectivity index (χ4v) is 2.30. The van der Waals surface area contributed by atoms with Gasteiger partial charge in [-0.3, -0.25) is 0 Å². The first-order chi connectivity index (χ1) is 9.61. The molecule has 1 unspecified atom stereocenters. The second kappa shape index (κ2) is 6.59. The van der Waals surface area contributed by atoms with Crippen LogP contribution in [0.1, 0.15) is 17.0 Å². The predicted octanol–water partition coefficient (Wildman–Crippen LogP) is 2.68. The van der Waals surface area contributed by atoms with E-state index in [1.54, 1.807) is 31.3 Å². The summed E-state index contributed by atoms with van der Waals surface area (Å²) in [6.45, 7) is 0.388. The van der Waals surface area contributed by atoms with Gasteiger partial charge in [-0.1, -0.05) is 24.3 Å². The molecular weight excluding hydrogens is 260 g/mol. The number of aliphatic hydroxyl groups is 1. The van der Waals surface area contributed by atoms with Gasteiger partial charge in [-0.25, -0.2) is 8.78 Å². The van der Waals surface area contributed by atoms with Crippen molar-refractivity contribution in [3.63, 3.8) is 0 Å². The third-order valence-electron chi connectivity index (χ3n) is 3.26. The number of hydrogen-bond acceptors (Lipinski definition) is 2. The highest BCUT2D eigenvalue weighted by Crippen LogP contribution is 2.28. The van der Waals surface area contributed by atoms with Crippen molar-refractivity contribution in [2.45, 2.75) is 12.0 Å². The number of rotatable bonds is 5. The van der Waals surface area contributed by atoms with Crippen LogP contribution in [-0.2, 0) is 0 Å². The molecule has 2 rings (SSSR count). The Bertz CT molecular complexity index is 494. The Balaban J connectivity index is 2.38. The number of halogens is 2. The van der Waals surface area contributed by atoms with Crippen molar-refractivity contribution in [1.29, 1.82) is 0 Å². The summed E-state index contributed by atoms with van der Waals surface area (Å²) in [5, 5.41) is 13.2. The molecule has 0 bridgehead atoms. The van der Waals surface area contributed by atoms with E-state index in [1.807, 2.05) is 0 Å². The van der Waals surface area contributed by atoms with Gasteiger partial charge in [0.1, 0.15) is 11.6 Å². The molecule has 0 saturated carbocycles. The number of benzene rings is 2. The van der Waals surface area contributed by atoms with Gasteiger partial charge in [-0.2, -0.15) is 0 Å². The van der Waals surface area contributed by atoms with Crippen molar-refractivity contribution in [2.24, 2.45) is 0 Å². The Morgan fingerprint density at radius 1 is 0.900 bits per heavy atom. The van der Waals surface area contributed by atoms with Gasteiger partial charge in [-0.05, 0) is 42.4 Å². The van der Waals surface area contributed by atoms with Crippen LogP contribution in [0.15, 0.2) is 48.5 Å². The molecule has 0 aliphatic heterocycles. The highest BCUT2D eigenvalue weighted by atomic mass is 19.1. The molecule has 0 saturated heterocycles. The molecule has 0 fully saturated rings. The molecule has 1 atom stereocenters. The first-order valence-electron chi connectivity index (χ1n) is 6.45. The lowest BCUT2D eigenvalue weighted by Crippen LogP contribution is -2.30. The minimum absolute atomic E-state index is 0.324. The minimum atomic E-state index is -0.684. The van der Waals surface area contributed by atoms with Gasteiger partial charge in [0.05, 0.1) is 6.10 Å². The maximum atomic E-state index is 13.0. The van der Waals surface area contributed by atoms with Crippen molar-refractivity contribution in [1.82, 2.24) is 5.32 Å². The first kappa shape index (κ1) is 14.6.